The van der Waals surface area contributed by atoms with E-state index in [1.165, 1.54) is 6.42 Å². The molecule has 0 aromatic heterocycles. The summed E-state index contributed by atoms with van der Waals surface area (Å²) in [5.41, 5.74) is -0.458. The Labute approximate surface area is 134 Å². The molecule has 1 heterocycles. The summed E-state index contributed by atoms with van der Waals surface area (Å²) in [7, 11) is 0. The molecule has 0 aromatic rings. The summed E-state index contributed by atoms with van der Waals surface area (Å²) >= 11 is 0. The fraction of sp³-hybridized carbons (Fsp3) is 0.882. The predicted octanol–water partition coefficient (Wildman–Crippen LogP) is 3.18. The number of carbonyl (C=O) groups is 2. The molecule has 2 rings (SSSR count). The summed E-state index contributed by atoms with van der Waals surface area (Å²) in [5.74, 6) is 0.181. The van der Waals surface area contributed by atoms with Crippen LogP contribution < -0.4 is 0 Å². The highest BCUT2D eigenvalue weighted by molar-refractivity contribution is 5.74. The Hall–Kier alpha value is -1.26. The Morgan fingerprint density at radius 2 is 1.59 bits per heavy atom. The summed E-state index contributed by atoms with van der Waals surface area (Å²) in [4.78, 5) is 28.1. The van der Waals surface area contributed by atoms with Crippen LogP contribution in [0.25, 0.3) is 0 Å². The van der Waals surface area contributed by atoms with Gasteiger partial charge in [0.2, 0.25) is 5.91 Å². The monoisotopic (exact) mass is 310 g/mol. The molecule has 1 atom stereocenters. The fourth-order valence-corrected chi connectivity index (χ4v) is 3.34. The van der Waals surface area contributed by atoms with Crippen molar-refractivity contribution in [1.82, 2.24) is 9.80 Å². The van der Waals surface area contributed by atoms with E-state index in [1.54, 1.807) is 11.8 Å². The molecule has 2 aliphatic rings. The number of likely N-dealkylation sites (tertiary alicyclic amines) is 1. The van der Waals surface area contributed by atoms with Gasteiger partial charge in [-0.3, -0.25) is 4.79 Å². The first-order valence-electron chi connectivity index (χ1n) is 8.55. The third kappa shape index (κ3) is 4.37. The number of hydrogen-bond donors (Lipinski definition) is 0. The molecule has 126 valence electrons. The number of ether oxygens (including phenoxy) is 1. The molecule has 1 aliphatic carbocycles. The largest absolute Gasteiger partial charge is 0.444 e. The van der Waals surface area contributed by atoms with E-state index in [9.17, 15) is 9.59 Å². The molecule has 2 amide bonds. The molecular formula is C17H30N2O3. The average Bonchev–Trinajstić information content (AvgIpc) is 2.56. The van der Waals surface area contributed by atoms with Gasteiger partial charge in [-0.05, 0) is 59.3 Å². The highest BCUT2D eigenvalue weighted by Crippen LogP contribution is 2.30. The molecule has 1 saturated carbocycles. The fourth-order valence-electron chi connectivity index (χ4n) is 3.34. The van der Waals surface area contributed by atoms with Gasteiger partial charge < -0.3 is 14.5 Å². The van der Waals surface area contributed by atoms with E-state index in [0.29, 0.717) is 12.6 Å². The van der Waals surface area contributed by atoms with Crippen LogP contribution in [0.5, 0.6) is 0 Å². The molecule has 0 bridgehead atoms. The second-order valence-electron chi connectivity index (χ2n) is 7.56. The minimum atomic E-state index is -0.458. The Bertz CT molecular complexity index is 413. The van der Waals surface area contributed by atoms with Gasteiger partial charge in [0.05, 0.1) is 0 Å². The van der Waals surface area contributed by atoms with Gasteiger partial charge >= 0.3 is 6.09 Å². The van der Waals surface area contributed by atoms with Gasteiger partial charge in [0.15, 0.2) is 0 Å². The molecule has 1 aliphatic heterocycles. The Kier molecular flexibility index (Phi) is 5.35. The van der Waals surface area contributed by atoms with E-state index in [0.717, 1.165) is 38.6 Å². The first-order chi connectivity index (χ1) is 10.3. The molecule has 5 nitrogen and oxygen atoms in total. The van der Waals surface area contributed by atoms with Crippen molar-refractivity contribution >= 4 is 12.0 Å². The molecule has 0 spiro atoms. The molecular weight excluding hydrogens is 280 g/mol. The first-order valence-corrected chi connectivity index (χ1v) is 8.55. The van der Waals surface area contributed by atoms with E-state index < -0.39 is 5.60 Å². The minimum Gasteiger partial charge on any atom is -0.444 e. The van der Waals surface area contributed by atoms with E-state index in [2.05, 4.69) is 4.90 Å². The van der Waals surface area contributed by atoms with Crippen LogP contribution >= 0.6 is 0 Å². The maximum atomic E-state index is 12.2. The summed E-state index contributed by atoms with van der Waals surface area (Å²) in [6.45, 7) is 8.74. The van der Waals surface area contributed by atoms with Crippen molar-refractivity contribution in [1.29, 1.82) is 0 Å². The zero-order valence-electron chi connectivity index (χ0n) is 14.4. The normalized spacial score (nSPS) is 23.5. The van der Waals surface area contributed by atoms with Gasteiger partial charge in [-0.1, -0.05) is 0 Å². The van der Waals surface area contributed by atoms with Crippen LogP contribution in [0.2, 0.25) is 0 Å². The second kappa shape index (κ2) is 6.88. The second-order valence-corrected chi connectivity index (χ2v) is 7.56. The molecule has 22 heavy (non-hydrogen) atoms. The summed E-state index contributed by atoms with van der Waals surface area (Å²) in [6, 6.07) is 0.700. The van der Waals surface area contributed by atoms with Crippen LogP contribution in [0.3, 0.4) is 0 Å². The lowest BCUT2D eigenvalue weighted by Crippen LogP contribution is -2.49. The zero-order chi connectivity index (χ0) is 16.3. The summed E-state index contributed by atoms with van der Waals surface area (Å²) < 4.78 is 5.46. The molecule has 0 radical (unpaired) electrons. The number of nitrogens with zero attached hydrogens (tertiary/aromatic N) is 2. The zero-order valence-corrected chi connectivity index (χ0v) is 14.4. The van der Waals surface area contributed by atoms with Gasteiger partial charge in [-0.25, -0.2) is 4.79 Å². The van der Waals surface area contributed by atoms with Crippen LogP contribution in [0, 0.1) is 0 Å². The maximum absolute atomic E-state index is 12.2. The van der Waals surface area contributed by atoms with Gasteiger partial charge in [-0.15, -0.1) is 0 Å². The lowest BCUT2D eigenvalue weighted by Gasteiger charge is -2.42. The van der Waals surface area contributed by atoms with E-state index in [1.807, 2.05) is 20.8 Å². The highest BCUT2D eigenvalue weighted by Gasteiger charge is 2.34. The van der Waals surface area contributed by atoms with Crippen molar-refractivity contribution < 1.29 is 14.3 Å². The van der Waals surface area contributed by atoms with Crippen molar-refractivity contribution in [2.45, 2.75) is 83.9 Å². The minimum absolute atomic E-state index is 0.181. The molecule has 2 fully saturated rings. The smallest absolute Gasteiger partial charge is 0.410 e. The Morgan fingerprint density at radius 1 is 1.00 bits per heavy atom. The standard InChI is InChI=1S/C17H30N2O3/c1-13(20)19(14-7-5-8-14)15-9-6-11-18(12-10-15)16(21)22-17(2,3)4/h14-15H,5-12H2,1-4H3. The van der Waals surface area contributed by atoms with Crippen molar-refractivity contribution in [2.75, 3.05) is 13.1 Å². The van der Waals surface area contributed by atoms with E-state index in [-0.39, 0.29) is 18.0 Å². The van der Waals surface area contributed by atoms with Crippen LogP contribution in [-0.2, 0) is 9.53 Å². The lowest BCUT2D eigenvalue weighted by molar-refractivity contribution is -0.136. The highest BCUT2D eigenvalue weighted by atomic mass is 16.6. The van der Waals surface area contributed by atoms with Gasteiger partial charge in [0.25, 0.3) is 0 Å². The average molecular weight is 310 g/mol. The Balaban J connectivity index is 1.93. The first kappa shape index (κ1) is 17.1. The van der Waals surface area contributed by atoms with Gasteiger partial charge in [-0.2, -0.15) is 0 Å². The van der Waals surface area contributed by atoms with Gasteiger partial charge in [0.1, 0.15) is 5.60 Å². The predicted molar refractivity (Wildman–Crippen MR) is 85.6 cm³/mol. The SMILES string of the molecule is CC(=O)N(C1CCC1)C1CCCN(C(=O)OC(C)(C)C)CC1. The number of rotatable bonds is 2. The quantitative estimate of drug-likeness (QED) is 0.787. The van der Waals surface area contributed by atoms with E-state index >= 15 is 0 Å². The van der Waals surface area contributed by atoms with Crippen molar-refractivity contribution in [2.24, 2.45) is 0 Å². The molecule has 1 saturated heterocycles. The van der Waals surface area contributed by atoms with Crippen LogP contribution in [-0.4, -0.2) is 52.6 Å². The Morgan fingerprint density at radius 3 is 2.09 bits per heavy atom. The van der Waals surface area contributed by atoms with Crippen molar-refractivity contribution in [3.05, 3.63) is 0 Å². The van der Waals surface area contributed by atoms with Crippen LogP contribution in [0.15, 0.2) is 0 Å². The molecule has 1 unspecified atom stereocenters. The molecule has 0 N–H and O–H groups in total. The molecule has 0 aromatic carbocycles. The van der Waals surface area contributed by atoms with Crippen molar-refractivity contribution in [3.63, 3.8) is 0 Å². The summed E-state index contributed by atoms with van der Waals surface area (Å²) in [6.07, 6.45) is 6.03. The van der Waals surface area contributed by atoms with Gasteiger partial charge in [0, 0.05) is 32.1 Å². The third-order valence-corrected chi connectivity index (χ3v) is 4.57. The van der Waals surface area contributed by atoms with E-state index in [4.69, 9.17) is 4.74 Å². The number of hydrogen-bond acceptors (Lipinski definition) is 3. The van der Waals surface area contributed by atoms with Crippen LogP contribution in [0.1, 0.15) is 66.2 Å². The molecule has 5 heteroatoms. The number of amides is 2. The lowest BCUT2D eigenvalue weighted by atomic mass is 9.89. The van der Waals surface area contributed by atoms with Crippen LogP contribution in [0.4, 0.5) is 4.79 Å². The topological polar surface area (TPSA) is 49.9 Å². The van der Waals surface area contributed by atoms with Crippen molar-refractivity contribution in [3.8, 4) is 0 Å². The number of carbonyl (C=O) groups excluding carboxylic acids is 2. The summed E-state index contributed by atoms with van der Waals surface area (Å²) in [5, 5.41) is 0. The maximum Gasteiger partial charge on any atom is 0.410 e. The third-order valence-electron chi connectivity index (χ3n) is 4.57.